The van der Waals surface area contributed by atoms with Gasteiger partial charge >= 0.3 is 5.69 Å². The second-order valence-electron chi connectivity index (χ2n) is 5.94. The molecular formula is C15H17N5O4. The molecule has 2 aromatic rings. The predicted molar refractivity (Wildman–Crippen MR) is 85.4 cm³/mol. The third kappa shape index (κ3) is 2.38. The van der Waals surface area contributed by atoms with E-state index in [1.165, 1.54) is 35.8 Å². The molecule has 3 rings (SSSR count). The number of amides is 2. The number of hydrogen-bond acceptors (Lipinski definition) is 5. The van der Waals surface area contributed by atoms with E-state index in [0.717, 1.165) is 4.57 Å². The van der Waals surface area contributed by atoms with Crippen LogP contribution in [0.2, 0.25) is 0 Å². The zero-order valence-electron chi connectivity index (χ0n) is 13.4. The maximum absolute atomic E-state index is 12.6. The minimum Gasteiger partial charge on any atom is -0.369 e. The zero-order valence-corrected chi connectivity index (χ0v) is 13.4. The fourth-order valence-electron chi connectivity index (χ4n) is 2.94. The number of carbonyl (C=O) groups excluding carboxylic acids is 2. The van der Waals surface area contributed by atoms with E-state index in [0.29, 0.717) is 13.0 Å². The van der Waals surface area contributed by atoms with Gasteiger partial charge in [0.15, 0.2) is 0 Å². The molecule has 3 heterocycles. The van der Waals surface area contributed by atoms with Crippen LogP contribution in [-0.2, 0) is 18.9 Å². The summed E-state index contributed by atoms with van der Waals surface area (Å²) >= 11 is 0. The largest absolute Gasteiger partial charge is 0.369 e. The molecule has 126 valence electrons. The van der Waals surface area contributed by atoms with Crippen molar-refractivity contribution in [3.63, 3.8) is 0 Å². The molecular weight excluding hydrogens is 314 g/mol. The zero-order chi connectivity index (χ0) is 17.6. The third-order valence-electron chi connectivity index (χ3n) is 4.42. The van der Waals surface area contributed by atoms with Crippen LogP contribution >= 0.6 is 0 Å². The Morgan fingerprint density at radius 1 is 1.25 bits per heavy atom. The number of likely N-dealkylation sites (tertiary alicyclic amines) is 1. The highest BCUT2D eigenvalue weighted by Gasteiger charge is 2.30. The molecule has 0 aliphatic carbocycles. The summed E-state index contributed by atoms with van der Waals surface area (Å²) < 4.78 is 2.22. The summed E-state index contributed by atoms with van der Waals surface area (Å²) in [5.74, 6) is -1.09. The number of carbonyl (C=O) groups is 2. The van der Waals surface area contributed by atoms with Gasteiger partial charge in [-0.15, -0.1) is 0 Å². The summed E-state index contributed by atoms with van der Waals surface area (Å²) in [4.78, 5) is 53.6. The molecule has 0 radical (unpaired) electrons. The number of aromatic nitrogens is 3. The van der Waals surface area contributed by atoms with Crippen LogP contribution in [0.1, 0.15) is 16.8 Å². The second-order valence-corrected chi connectivity index (χ2v) is 5.94. The van der Waals surface area contributed by atoms with E-state index in [1.807, 2.05) is 0 Å². The number of nitrogens with two attached hydrogens (primary N) is 1. The number of nitrogens with zero attached hydrogens (tertiary/aromatic N) is 4. The maximum Gasteiger partial charge on any atom is 0.332 e. The third-order valence-corrected chi connectivity index (χ3v) is 4.42. The van der Waals surface area contributed by atoms with Gasteiger partial charge in [0.2, 0.25) is 5.91 Å². The van der Waals surface area contributed by atoms with Crippen LogP contribution in [0, 0.1) is 5.92 Å². The van der Waals surface area contributed by atoms with Gasteiger partial charge in [-0.1, -0.05) is 0 Å². The molecule has 2 N–H and O–H groups in total. The average Bonchev–Trinajstić information content (AvgIpc) is 3.07. The van der Waals surface area contributed by atoms with E-state index in [9.17, 15) is 19.2 Å². The van der Waals surface area contributed by atoms with Crippen LogP contribution in [-0.4, -0.2) is 43.9 Å². The summed E-state index contributed by atoms with van der Waals surface area (Å²) in [6, 6.07) is 1.43. The Morgan fingerprint density at radius 2 is 1.96 bits per heavy atom. The highest BCUT2D eigenvalue weighted by Crippen LogP contribution is 2.19. The molecule has 1 saturated heterocycles. The molecule has 1 fully saturated rings. The molecule has 2 amide bonds. The van der Waals surface area contributed by atoms with Crippen molar-refractivity contribution >= 4 is 22.8 Å². The molecule has 1 atom stereocenters. The Morgan fingerprint density at radius 3 is 2.58 bits per heavy atom. The molecule has 0 saturated carbocycles. The SMILES string of the molecule is Cn1c(=O)c2cc(C(=O)N3CC[C@H](C(N)=O)C3)cnc2n(C)c1=O. The van der Waals surface area contributed by atoms with Crippen molar-refractivity contribution in [3.05, 3.63) is 38.7 Å². The van der Waals surface area contributed by atoms with Crippen LogP contribution in [0.25, 0.3) is 11.0 Å². The van der Waals surface area contributed by atoms with Crippen molar-refractivity contribution in [2.24, 2.45) is 25.7 Å². The first-order valence-electron chi connectivity index (χ1n) is 7.45. The minimum atomic E-state index is -0.508. The number of fused-ring (bicyclic) bond motifs is 1. The molecule has 9 heteroatoms. The topological polar surface area (TPSA) is 120 Å². The van der Waals surface area contributed by atoms with E-state index in [2.05, 4.69) is 4.98 Å². The van der Waals surface area contributed by atoms with Gasteiger partial charge in [-0.2, -0.15) is 0 Å². The van der Waals surface area contributed by atoms with Crippen LogP contribution in [0.4, 0.5) is 0 Å². The molecule has 9 nitrogen and oxygen atoms in total. The molecule has 0 aromatic carbocycles. The van der Waals surface area contributed by atoms with Gasteiger partial charge in [-0.25, -0.2) is 9.78 Å². The summed E-state index contributed by atoms with van der Waals surface area (Å²) in [5.41, 5.74) is 4.74. The molecule has 0 unspecified atom stereocenters. The molecule has 1 aliphatic heterocycles. The van der Waals surface area contributed by atoms with Crippen molar-refractivity contribution in [3.8, 4) is 0 Å². The van der Waals surface area contributed by atoms with Crippen LogP contribution in [0.15, 0.2) is 21.9 Å². The highest BCUT2D eigenvalue weighted by atomic mass is 16.2. The van der Waals surface area contributed by atoms with E-state index in [-0.39, 0.29) is 35.0 Å². The molecule has 2 aromatic heterocycles. The van der Waals surface area contributed by atoms with Crippen LogP contribution < -0.4 is 17.0 Å². The molecule has 0 spiro atoms. The molecule has 1 aliphatic rings. The summed E-state index contributed by atoms with van der Waals surface area (Å²) in [5, 5.41) is 0.191. The van der Waals surface area contributed by atoms with Gasteiger partial charge in [0.1, 0.15) is 5.65 Å². The first-order valence-corrected chi connectivity index (χ1v) is 7.45. The van der Waals surface area contributed by atoms with Gasteiger partial charge in [-0.05, 0) is 12.5 Å². The van der Waals surface area contributed by atoms with Gasteiger partial charge in [0.25, 0.3) is 11.5 Å². The highest BCUT2D eigenvalue weighted by molar-refractivity contribution is 5.97. The smallest absolute Gasteiger partial charge is 0.332 e. The fraction of sp³-hybridized carbons (Fsp3) is 0.400. The Kier molecular flexibility index (Phi) is 3.70. The lowest BCUT2D eigenvalue weighted by molar-refractivity contribution is -0.121. The summed E-state index contributed by atoms with van der Waals surface area (Å²) in [7, 11) is 2.88. The number of rotatable bonds is 2. The lowest BCUT2D eigenvalue weighted by Gasteiger charge is -2.16. The molecule has 0 bridgehead atoms. The number of aryl methyl sites for hydroxylation is 1. The Balaban J connectivity index is 2.03. The van der Waals surface area contributed by atoms with Gasteiger partial charge < -0.3 is 10.6 Å². The van der Waals surface area contributed by atoms with E-state index >= 15 is 0 Å². The first kappa shape index (κ1) is 15.9. The van der Waals surface area contributed by atoms with E-state index < -0.39 is 17.2 Å². The van der Waals surface area contributed by atoms with Gasteiger partial charge in [-0.3, -0.25) is 23.5 Å². The lowest BCUT2D eigenvalue weighted by Crippen LogP contribution is -2.37. The van der Waals surface area contributed by atoms with Crippen molar-refractivity contribution < 1.29 is 9.59 Å². The first-order chi connectivity index (χ1) is 11.3. The van der Waals surface area contributed by atoms with Crippen molar-refractivity contribution in [2.75, 3.05) is 13.1 Å². The summed E-state index contributed by atoms with van der Waals surface area (Å²) in [6.07, 6.45) is 1.86. The Bertz CT molecular complexity index is 974. The number of pyridine rings is 1. The van der Waals surface area contributed by atoms with E-state index in [1.54, 1.807) is 0 Å². The second kappa shape index (κ2) is 5.59. The Labute approximate surface area is 136 Å². The van der Waals surface area contributed by atoms with Crippen LogP contribution in [0.5, 0.6) is 0 Å². The predicted octanol–water partition coefficient (Wildman–Crippen LogP) is -1.42. The quantitative estimate of drug-likeness (QED) is 0.724. The van der Waals surface area contributed by atoms with Crippen molar-refractivity contribution in [2.45, 2.75) is 6.42 Å². The molecule has 24 heavy (non-hydrogen) atoms. The number of hydrogen-bond donors (Lipinski definition) is 1. The lowest BCUT2D eigenvalue weighted by atomic mass is 10.1. The number of primary amides is 1. The van der Waals surface area contributed by atoms with Crippen molar-refractivity contribution in [1.29, 1.82) is 0 Å². The van der Waals surface area contributed by atoms with Crippen LogP contribution in [0.3, 0.4) is 0 Å². The standard InChI is InChI=1S/C15H17N5O4/c1-18-12-10(14(23)19(2)15(18)24)5-9(6-17-12)13(22)20-4-3-8(7-20)11(16)21/h5-6,8H,3-4,7H2,1-2H3,(H2,16,21)/t8-/m0/s1. The average molecular weight is 331 g/mol. The van der Waals surface area contributed by atoms with Gasteiger partial charge in [0.05, 0.1) is 16.9 Å². The van der Waals surface area contributed by atoms with Crippen molar-refractivity contribution in [1.82, 2.24) is 19.0 Å². The van der Waals surface area contributed by atoms with Gasteiger partial charge in [0, 0.05) is 33.4 Å². The maximum atomic E-state index is 12.6. The van der Waals surface area contributed by atoms with E-state index in [4.69, 9.17) is 5.73 Å². The fourth-order valence-corrected chi connectivity index (χ4v) is 2.94. The monoisotopic (exact) mass is 331 g/mol. The Hall–Kier alpha value is -2.97. The summed E-state index contributed by atoms with van der Waals surface area (Å²) in [6.45, 7) is 0.688. The minimum absolute atomic E-state index is 0.191. The normalized spacial score (nSPS) is 17.4.